The smallest absolute Gasteiger partial charge is 0.318 e. The van der Waals surface area contributed by atoms with E-state index in [1.165, 1.54) is 0 Å². The first kappa shape index (κ1) is 19.4. The highest BCUT2D eigenvalue weighted by Gasteiger charge is 2.33. The van der Waals surface area contributed by atoms with Gasteiger partial charge in [0, 0.05) is 25.2 Å². The summed E-state index contributed by atoms with van der Waals surface area (Å²) < 4.78 is 0. The van der Waals surface area contributed by atoms with Crippen LogP contribution in [0.25, 0.3) is 0 Å². The monoisotopic (exact) mass is 379 g/mol. The van der Waals surface area contributed by atoms with Gasteiger partial charge < -0.3 is 21.3 Å². The highest BCUT2D eigenvalue weighted by atomic mass is 16.2. The van der Waals surface area contributed by atoms with Gasteiger partial charge in [0.25, 0.3) is 0 Å². The third-order valence-electron chi connectivity index (χ3n) is 4.83. The summed E-state index contributed by atoms with van der Waals surface area (Å²) >= 11 is 0. The fourth-order valence-corrected chi connectivity index (χ4v) is 3.27. The number of nitrogens with one attached hydrogen (secondary N) is 3. The molecule has 2 aromatic rings. The van der Waals surface area contributed by atoms with E-state index in [9.17, 15) is 9.59 Å². The fraction of sp³-hybridized carbons (Fsp3) is 0.286. The van der Waals surface area contributed by atoms with Crippen LogP contribution in [0.4, 0.5) is 4.79 Å². The molecule has 2 aromatic carbocycles. The van der Waals surface area contributed by atoms with Crippen LogP contribution in [0.1, 0.15) is 29.5 Å². The molecule has 1 aliphatic rings. The number of urea groups is 1. The summed E-state index contributed by atoms with van der Waals surface area (Å²) in [5.74, 6) is -0.137. The van der Waals surface area contributed by atoms with Crippen LogP contribution in [0.2, 0.25) is 0 Å². The first-order chi connectivity index (χ1) is 13.5. The quantitative estimate of drug-likeness (QED) is 0.455. The lowest BCUT2D eigenvalue weighted by Crippen LogP contribution is -2.49. The number of carbonyl (C=O) groups is 2. The van der Waals surface area contributed by atoms with Gasteiger partial charge in [-0.3, -0.25) is 10.2 Å². The molecule has 3 amide bonds. The molecule has 1 aliphatic heterocycles. The Hall–Kier alpha value is -3.35. The van der Waals surface area contributed by atoms with Gasteiger partial charge in [-0.1, -0.05) is 54.6 Å². The maximum absolute atomic E-state index is 12.6. The standard InChI is InChI=1S/C21H25N5O2/c22-19(23)17-10-8-16(9-11-17)13-24-20(27)18-7-4-12-26(18)21(28)25-14-15-5-2-1-3-6-15/h1-3,5-6,8-11,18H,4,7,12-14H2,(H3,22,23)(H,24,27)(H,25,28)/t18-/m0/s1. The molecular formula is C21H25N5O2. The second kappa shape index (κ2) is 9.03. The molecule has 0 radical (unpaired) electrons. The SMILES string of the molecule is N=C(N)c1ccc(CNC(=O)[C@@H]2CCCN2C(=O)NCc2ccccc2)cc1. The largest absolute Gasteiger partial charge is 0.384 e. The van der Waals surface area contributed by atoms with Crippen LogP contribution in [0.5, 0.6) is 0 Å². The third kappa shape index (κ3) is 4.88. The van der Waals surface area contributed by atoms with Gasteiger partial charge in [0.1, 0.15) is 11.9 Å². The number of carbonyl (C=O) groups excluding carboxylic acids is 2. The average molecular weight is 379 g/mol. The van der Waals surface area contributed by atoms with E-state index in [1.807, 2.05) is 42.5 Å². The molecular weight excluding hydrogens is 354 g/mol. The molecule has 1 atom stereocenters. The summed E-state index contributed by atoms with van der Waals surface area (Å²) in [6, 6.07) is 16.2. The lowest BCUT2D eigenvalue weighted by Gasteiger charge is -2.24. The van der Waals surface area contributed by atoms with Gasteiger partial charge >= 0.3 is 6.03 Å². The third-order valence-corrected chi connectivity index (χ3v) is 4.83. The second-order valence-electron chi connectivity index (χ2n) is 6.82. The Morgan fingerprint density at radius 3 is 2.32 bits per heavy atom. The highest BCUT2D eigenvalue weighted by molar-refractivity contribution is 5.94. The molecule has 3 rings (SSSR count). The van der Waals surface area contributed by atoms with Gasteiger partial charge in [0.05, 0.1) is 0 Å². The fourth-order valence-electron chi connectivity index (χ4n) is 3.27. The zero-order valence-electron chi connectivity index (χ0n) is 15.7. The van der Waals surface area contributed by atoms with E-state index >= 15 is 0 Å². The van der Waals surface area contributed by atoms with Crippen molar-refractivity contribution in [3.05, 3.63) is 71.3 Å². The van der Waals surface area contributed by atoms with Crippen molar-refractivity contribution in [1.29, 1.82) is 5.41 Å². The Labute approximate surface area is 164 Å². The van der Waals surface area contributed by atoms with Crippen molar-refractivity contribution in [2.24, 2.45) is 5.73 Å². The zero-order valence-corrected chi connectivity index (χ0v) is 15.7. The maximum Gasteiger partial charge on any atom is 0.318 e. The summed E-state index contributed by atoms with van der Waals surface area (Å²) in [7, 11) is 0. The van der Waals surface area contributed by atoms with Crippen LogP contribution in [-0.2, 0) is 17.9 Å². The molecule has 0 bridgehead atoms. The first-order valence-corrected chi connectivity index (χ1v) is 9.34. The number of nitrogens with zero attached hydrogens (tertiary/aromatic N) is 1. The lowest BCUT2D eigenvalue weighted by molar-refractivity contribution is -0.124. The summed E-state index contributed by atoms with van der Waals surface area (Å²) in [4.78, 5) is 26.7. The zero-order chi connectivity index (χ0) is 19.9. The minimum atomic E-state index is -0.452. The van der Waals surface area contributed by atoms with E-state index in [1.54, 1.807) is 17.0 Å². The van der Waals surface area contributed by atoms with Crippen LogP contribution in [0.3, 0.4) is 0 Å². The number of nitrogen functional groups attached to an aromatic ring is 1. The van der Waals surface area contributed by atoms with Crippen LogP contribution in [-0.4, -0.2) is 35.3 Å². The number of likely N-dealkylation sites (tertiary alicyclic amines) is 1. The first-order valence-electron chi connectivity index (χ1n) is 9.34. The van der Waals surface area contributed by atoms with E-state index in [-0.39, 0.29) is 17.8 Å². The Morgan fingerprint density at radius 1 is 1.00 bits per heavy atom. The number of amidine groups is 1. The molecule has 0 unspecified atom stereocenters. The molecule has 1 fully saturated rings. The molecule has 7 heteroatoms. The van der Waals surface area contributed by atoms with E-state index in [0.29, 0.717) is 31.6 Å². The number of benzene rings is 2. The van der Waals surface area contributed by atoms with Crippen molar-refractivity contribution in [3.63, 3.8) is 0 Å². The Bertz CT molecular complexity index is 836. The Kier molecular flexibility index (Phi) is 6.26. The van der Waals surface area contributed by atoms with Gasteiger partial charge in [-0.15, -0.1) is 0 Å². The minimum Gasteiger partial charge on any atom is -0.384 e. The maximum atomic E-state index is 12.6. The molecule has 1 saturated heterocycles. The molecule has 0 aliphatic carbocycles. The van der Waals surface area contributed by atoms with E-state index in [2.05, 4.69) is 10.6 Å². The molecule has 28 heavy (non-hydrogen) atoms. The number of rotatable bonds is 6. The van der Waals surface area contributed by atoms with Gasteiger partial charge in [0.15, 0.2) is 0 Å². The topological polar surface area (TPSA) is 111 Å². The van der Waals surface area contributed by atoms with Crippen LogP contribution >= 0.6 is 0 Å². The predicted octanol–water partition coefficient (Wildman–Crippen LogP) is 1.96. The van der Waals surface area contributed by atoms with Gasteiger partial charge in [-0.2, -0.15) is 0 Å². The molecule has 0 saturated carbocycles. The summed E-state index contributed by atoms with van der Waals surface area (Å²) in [6.07, 6.45) is 1.47. The van der Waals surface area contributed by atoms with Crippen molar-refractivity contribution in [1.82, 2.24) is 15.5 Å². The van der Waals surface area contributed by atoms with E-state index < -0.39 is 6.04 Å². The lowest BCUT2D eigenvalue weighted by atomic mass is 10.1. The number of amides is 3. The number of hydrogen-bond acceptors (Lipinski definition) is 3. The summed E-state index contributed by atoms with van der Waals surface area (Å²) in [5, 5.41) is 13.2. The van der Waals surface area contributed by atoms with Crippen LogP contribution in [0, 0.1) is 5.41 Å². The van der Waals surface area contributed by atoms with E-state index in [0.717, 1.165) is 17.5 Å². The number of hydrogen-bond donors (Lipinski definition) is 4. The molecule has 1 heterocycles. The van der Waals surface area contributed by atoms with Gasteiger partial charge in [-0.25, -0.2) is 4.79 Å². The van der Waals surface area contributed by atoms with Crippen LogP contribution in [0.15, 0.2) is 54.6 Å². The normalized spacial score (nSPS) is 15.9. The molecule has 0 aromatic heterocycles. The van der Waals surface area contributed by atoms with Gasteiger partial charge in [-0.05, 0) is 24.0 Å². The molecule has 7 nitrogen and oxygen atoms in total. The van der Waals surface area contributed by atoms with Crippen molar-refractivity contribution < 1.29 is 9.59 Å². The van der Waals surface area contributed by atoms with Crippen LogP contribution < -0.4 is 16.4 Å². The predicted molar refractivity (Wildman–Crippen MR) is 108 cm³/mol. The molecule has 146 valence electrons. The average Bonchev–Trinajstić information content (AvgIpc) is 3.21. The molecule has 5 N–H and O–H groups in total. The number of nitrogens with two attached hydrogens (primary N) is 1. The Morgan fingerprint density at radius 2 is 1.64 bits per heavy atom. The summed E-state index contributed by atoms with van der Waals surface area (Å²) in [5.41, 5.74) is 8.02. The minimum absolute atomic E-state index is 0.0127. The van der Waals surface area contributed by atoms with E-state index in [4.69, 9.17) is 11.1 Å². The van der Waals surface area contributed by atoms with Crippen molar-refractivity contribution in [2.45, 2.75) is 32.0 Å². The Balaban J connectivity index is 1.52. The van der Waals surface area contributed by atoms with Crippen molar-refractivity contribution in [3.8, 4) is 0 Å². The molecule has 0 spiro atoms. The highest BCUT2D eigenvalue weighted by Crippen LogP contribution is 2.18. The van der Waals surface area contributed by atoms with Crippen molar-refractivity contribution >= 4 is 17.8 Å². The van der Waals surface area contributed by atoms with Crippen molar-refractivity contribution in [2.75, 3.05) is 6.54 Å². The van der Waals surface area contributed by atoms with Gasteiger partial charge in [0.2, 0.25) is 5.91 Å². The second-order valence-corrected chi connectivity index (χ2v) is 6.82. The summed E-state index contributed by atoms with van der Waals surface area (Å²) in [6.45, 7) is 1.38.